The van der Waals surface area contributed by atoms with Crippen molar-refractivity contribution >= 4 is 55.0 Å². The van der Waals surface area contributed by atoms with Gasteiger partial charge in [0.15, 0.2) is 0 Å². The molecule has 0 amide bonds. The number of hydrogen-bond acceptors (Lipinski definition) is 3. The van der Waals surface area contributed by atoms with Crippen LogP contribution in [-0.4, -0.2) is 18.1 Å². The van der Waals surface area contributed by atoms with Gasteiger partial charge in [0.1, 0.15) is 0 Å². The lowest BCUT2D eigenvalue weighted by atomic mass is 10.1. The minimum absolute atomic E-state index is 0.891. The average molecular weight is 371 g/mol. The van der Waals surface area contributed by atoms with E-state index in [1.165, 1.54) is 37.6 Å². The fraction of sp³-hybridized carbons (Fsp3) is 0.600. The Morgan fingerprint density at radius 1 is 1.47 bits per heavy atom. The van der Waals surface area contributed by atoms with E-state index in [4.69, 9.17) is 0 Å². The predicted molar refractivity (Wildman–Crippen MR) is 76.9 cm³/mol. The van der Waals surface area contributed by atoms with Crippen LogP contribution in [0, 0.1) is 5.92 Å². The molecule has 0 saturated carbocycles. The van der Waals surface area contributed by atoms with E-state index in [0.29, 0.717) is 0 Å². The Hall–Kier alpha value is 0.970. The fourth-order valence-electron chi connectivity index (χ4n) is 1.62. The molecule has 1 aromatic rings. The van der Waals surface area contributed by atoms with Crippen LogP contribution in [0.15, 0.2) is 14.3 Å². The van der Waals surface area contributed by atoms with Gasteiger partial charge in [0, 0.05) is 15.9 Å². The van der Waals surface area contributed by atoms with Crippen LogP contribution in [0.2, 0.25) is 0 Å². The van der Waals surface area contributed by atoms with E-state index in [-0.39, 0.29) is 0 Å². The van der Waals surface area contributed by atoms with Crippen molar-refractivity contribution in [3.63, 3.8) is 0 Å². The lowest BCUT2D eigenvalue weighted by Gasteiger charge is -2.08. The Bertz CT molecular complexity index is 302. The first kappa shape index (κ1) is 12.4. The Morgan fingerprint density at radius 3 is 2.93 bits per heavy atom. The first-order valence-electron chi connectivity index (χ1n) is 4.98. The highest BCUT2D eigenvalue weighted by atomic mass is 79.9. The van der Waals surface area contributed by atoms with Crippen molar-refractivity contribution in [3.8, 4) is 0 Å². The highest BCUT2D eigenvalue weighted by molar-refractivity contribution is 9.13. The molecule has 2 heterocycles. The van der Waals surface area contributed by atoms with E-state index in [0.717, 1.165) is 12.5 Å². The van der Waals surface area contributed by atoms with E-state index >= 15 is 0 Å². The first-order chi connectivity index (χ1) is 7.25. The summed E-state index contributed by atoms with van der Waals surface area (Å²) in [5.41, 5.74) is 0. The molecule has 5 heteroatoms. The summed E-state index contributed by atoms with van der Waals surface area (Å²) in [4.78, 5) is 1.39. The molecule has 1 N–H and O–H groups in total. The number of hydrogen-bond donors (Lipinski definition) is 1. The first-order valence-corrected chi connectivity index (χ1v) is 8.53. The molecule has 0 spiro atoms. The van der Waals surface area contributed by atoms with Crippen molar-refractivity contribution in [2.24, 2.45) is 5.92 Å². The summed E-state index contributed by atoms with van der Waals surface area (Å²) >= 11 is 10.9. The molecular weight excluding hydrogens is 358 g/mol. The summed E-state index contributed by atoms with van der Waals surface area (Å²) in [5.74, 6) is 3.58. The van der Waals surface area contributed by atoms with Crippen LogP contribution in [0.25, 0.3) is 0 Å². The monoisotopic (exact) mass is 369 g/mol. The van der Waals surface area contributed by atoms with Gasteiger partial charge in [-0.05, 0) is 68.3 Å². The summed E-state index contributed by atoms with van der Waals surface area (Å²) < 4.78 is 2.36. The van der Waals surface area contributed by atoms with E-state index < -0.39 is 0 Å². The molecular formula is C10H13Br2NS2. The van der Waals surface area contributed by atoms with Gasteiger partial charge < -0.3 is 5.32 Å². The van der Waals surface area contributed by atoms with Crippen LogP contribution < -0.4 is 5.32 Å². The van der Waals surface area contributed by atoms with Crippen molar-refractivity contribution < 1.29 is 0 Å². The Kier molecular flexibility index (Phi) is 5.01. The Morgan fingerprint density at radius 2 is 2.33 bits per heavy atom. The van der Waals surface area contributed by atoms with Crippen LogP contribution in [0.1, 0.15) is 11.3 Å². The molecule has 2 rings (SSSR count). The SMILES string of the molecule is Brc1cc(CNCC2CCSC2)sc1Br. The summed E-state index contributed by atoms with van der Waals surface area (Å²) in [6.45, 7) is 2.16. The van der Waals surface area contributed by atoms with Gasteiger partial charge in [0.25, 0.3) is 0 Å². The summed E-state index contributed by atoms with van der Waals surface area (Å²) in [5, 5.41) is 3.54. The third-order valence-electron chi connectivity index (χ3n) is 2.45. The van der Waals surface area contributed by atoms with E-state index in [1.54, 1.807) is 11.3 Å². The number of thiophene rings is 1. The molecule has 1 aliphatic rings. The number of nitrogens with one attached hydrogen (secondary N) is 1. The van der Waals surface area contributed by atoms with Crippen molar-refractivity contribution in [3.05, 3.63) is 19.2 Å². The molecule has 15 heavy (non-hydrogen) atoms. The van der Waals surface area contributed by atoms with Gasteiger partial charge in [-0.3, -0.25) is 0 Å². The zero-order chi connectivity index (χ0) is 10.7. The van der Waals surface area contributed by atoms with Crippen molar-refractivity contribution in [1.82, 2.24) is 5.32 Å². The molecule has 1 saturated heterocycles. The van der Waals surface area contributed by atoms with Gasteiger partial charge in [-0.1, -0.05) is 0 Å². The van der Waals surface area contributed by atoms with Gasteiger partial charge in [-0.15, -0.1) is 11.3 Å². The molecule has 1 atom stereocenters. The second-order valence-corrected chi connectivity index (χ2v) is 8.15. The third-order valence-corrected chi connectivity index (χ3v) is 6.94. The normalized spacial score (nSPS) is 21.1. The lowest BCUT2D eigenvalue weighted by molar-refractivity contribution is 0.525. The summed E-state index contributed by atoms with van der Waals surface area (Å²) in [7, 11) is 0. The summed E-state index contributed by atoms with van der Waals surface area (Å²) in [6, 6.07) is 2.19. The Labute approximate surface area is 116 Å². The molecule has 0 radical (unpaired) electrons. The topological polar surface area (TPSA) is 12.0 Å². The van der Waals surface area contributed by atoms with Crippen molar-refractivity contribution in [2.75, 3.05) is 18.1 Å². The number of thioether (sulfide) groups is 1. The molecule has 1 aliphatic heterocycles. The van der Waals surface area contributed by atoms with Crippen molar-refractivity contribution in [2.45, 2.75) is 13.0 Å². The largest absolute Gasteiger partial charge is 0.312 e. The molecule has 1 aromatic heterocycles. The highest BCUT2D eigenvalue weighted by Gasteiger charge is 2.14. The van der Waals surface area contributed by atoms with Crippen LogP contribution >= 0.6 is 55.0 Å². The number of rotatable bonds is 4. The van der Waals surface area contributed by atoms with Crippen LogP contribution in [0.3, 0.4) is 0 Å². The quantitative estimate of drug-likeness (QED) is 0.855. The van der Waals surface area contributed by atoms with E-state index in [9.17, 15) is 0 Å². The second kappa shape index (κ2) is 6.05. The average Bonchev–Trinajstić information content (AvgIpc) is 2.79. The van der Waals surface area contributed by atoms with Crippen LogP contribution in [0.4, 0.5) is 0 Å². The standard InChI is InChI=1S/C10H13Br2NS2/c11-9-3-8(15-10(9)12)5-13-4-7-1-2-14-6-7/h3,7,13H,1-2,4-6H2. The van der Waals surface area contributed by atoms with Gasteiger partial charge in [-0.2, -0.15) is 11.8 Å². The van der Waals surface area contributed by atoms with Gasteiger partial charge >= 0.3 is 0 Å². The molecule has 1 fully saturated rings. The third kappa shape index (κ3) is 3.73. The maximum Gasteiger partial charge on any atom is 0.0843 e. The lowest BCUT2D eigenvalue weighted by Crippen LogP contribution is -2.21. The molecule has 0 bridgehead atoms. The van der Waals surface area contributed by atoms with Gasteiger partial charge in [0.2, 0.25) is 0 Å². The molecule has 84 valence electrons. The molecule has 0 aromatic carbocycles. The predicted octanol–water partition coefficient (Wildman–Crippen LogP) is 4.12. The zero-order valence-corrected chi connectivity index (χ0v) is 13.1. The minimum atomic E-state index is 0.891. The number of halogens is 2. The van der Waals surface area contributed by atoms with E-state index in [2.05, 4.69) is 55.0 Å². The zero-order valence-electron chi connectivity index (χ0n) is 8.26. The maximum absolute atomic E-state index is 3.54. The van der Waals surface area contributed by atoms with Gasteiger partial charge in [0.05, 0.1) is 3.79 Å². The molecule has 1 unspecified atom stereocenters. The minimum Gasteiger partial charge on any atom is -0.312 e. The van der Waals surface area contributed by atoms with Gasteiger partial charge in [-0.25, -0.2) is 0 Å². The summed E-state index contributed by atoms with van der Waals surface area (Å²) in [6.07, 6.45) is 1.38. The highest BCUT2D eigenvalue weighted by Crippen LogP contribution is 2.32. The molecule has 0 aliphatic carbocycles. The van der Waals surface area contributed by atoms with Crippen molar-refractivity contribution in [1.29, 1.82) is 0 Å². The maximum atomic E-state index is 3.54. The fourth-order valence-corrected chi connectivity index (χ4v) is 5.05. The smallest absolute Gasteiger partial charge is 0.0843 e. The second-order valence-electron chi connectivity index (χ2n) is 3.69. The van der Waals surface area contributed by atoms with E-state index in [1.807, 2.05) is 0 Å². The molecule has 1 nitrogen and oxygen atoms in total. The van der Waals surface area contributed by atoms with Crippen LogP contribution in [-0.2, 0) is 6.54 Å². The van der Waals surface area contributed by atoms with Crippen LogP contribution in [0.5, 0.6) is 0 Å². The Balaban J connectivity index is 1.73.